The molecule has 0 aromatic carbocycles. The quantitative estimate of drug-likeness (QED) is 0.639. The van der Waals surface area contributed by atoms with Gasteiger partial charge in [0.2, 0.25) is 0 Å². The fourth-order valence-corrected chi connectivity index (χ4v) is 0.721. The summed E-state index contributed by atoms with van der Waals surface area (Å²) in [5.74, 6) is 0. The van der Waals surface area contributed by atoms with E-state index in [2.05, 4.69) is 5.32 Å². The van der Waals surface area contributed by atoms with E-state index in [1.165, 1.54) is 0 Å². The predicted molar refractivity (Wildman–Crippen MR) is 54.1 cm³/mol. The molecule has 14 heavy (non-hydrogen) atoms. The van der Waals surface area contributed by atoms with Gasteiger partial charge < -0.3 is 20.5 Å². The van der Waals surface area contributed by atoms with Gasteiger partial charge in [0.25, 0.3) is 0 Å². The van der Waals surface area contributed by atoms with E-state index in [0.717, 1.165) is 0 Å². The van der Waals surface area contributed by atoms with E-state index in [1.54, 1.807) is 0 Å². The first-order valence-corrected chi connectivity index (χ1v) is 4.68. The van der Waals surface area contributed by atoms with Gasteiger partial charge >= 0.3 is 6.09 Å². The smallest absolute Gasteiger partial charge is 0.407 e. The number of hydrogen-bond donors (Lipinski definition) is 2. The van der Waals surface area contributed by atoms with Crippen molar-refractivity contribution in [1.82, 2.24) is 5.32 Å². The van der Waals surface area contributed by atoms with E-state index in [9.17, 15) is 4.79 Å². The van der Waals surface area contributed by atoms with Gasteiger partial charge in [-0.15, -0.1) is 0 Å². The zero-order chi connectivity index (χ0) is 11.0. The molecule has 0 aliphatic carbocycles. The molecule has 0 aromatic heterocycles. The average molecular weight is 204 g/mol. The standard InChI is InChI=1S/C9H20N2O3/c1-9(2,3)11-8(12)14-7-6-13-5-4-10/h4-7,10H2,1-3H3,(H,11,12). The highest BCUT2D eigenvalue weighted by atomic mass is 16.6. The maximum absolute atomic E-state index is 11.1. The van der Waals surface area contributed by atoms with Gasteiger partial charge in [-0.25, -0.2) is 4.79 Å². The lowest BCUT2D eigenvalue weighted by molar-refractivity contribution is 0.0734. The lowest BCUT2D eigenvalue weighted by atomic mass is 10.1. The maximum atomic E-state index is 11.1. The van der Waals surface area contributed by atoms with Crippen molar-refractivity contribution in [3.63, 3.8) is 0 Å². The molecule has 0 fully saturated rings. The van der Waals surface area contributed by atoms with Crippen LogP contribution in [0.2, 0.25) is 0 Å². The Hall–Kier alpha value is -0.810. The molecule has 84 valence electrons. The molecule has 0 unspecified atom stereocenters. The second-order valence-electron chi connectivity index (χ2n) is 3.91. The fraction of sp³-hybridized carbons (Fsp3) is 0.889. The van der Waals surface area contributed by atoms with Gasteiger partial charge in [-0.2, -0.15) is 0 Å². The normalized spacial score (nSPS) is 11.1. The summed E-state index contributed by atoms with van der Waals surface area (Å²) in [7, 11) is 0. The molecule has 0 spiro atoms. The number of carbonyl (C=O) groups excluding carboxylic acids is 1. The van der Waals surface area contributed by atoms with E-state index in [4.69, 9.17) is 15.2 Å². The topological polar surface area (TPSA) is 73.6 Å². The number of carbonyl (C=O) groups is 1. The van der Waals surface area contributed by atoms with E-state index in [-0.39, 0.29) is 12.1 Å². The summed E-state index contributed by atoms with van der Waals surface area (Å²) in [6.45, 7) is 7.27. The van der Waals surface area contributed by atoms with Crippen molar-refractivity contribution in [2.24, 2.45) is 5.73 Å². The number of amides is 1. The van der Waals surface area contributed by atoms with Crippen LogP contribution in [0.25, 0.3) is 0 Å². The molecule has 0 bridgehead atoms. The van der Waals surface area contributed by atoms with Crippen molar-refractivity contribution in [2.45, 2.75) is 26.3 Å². The van der Waals surface area contributed by atoms with Crippen LogP contribution in [0.4, 0.5) is 4.79 Å². The van der Waals surface area contributed by atoms with Crippen molar-refractivity contribution in [1.29, 1.82) is 0 Å². The van der Waals surface area contributed by atoms with E-state index in [0.29, 0.717) is 19.8 Å². The van der Waals surface area contributed by atoms with Crippen LogP contribution < -0.4 is 11.1 Å². The van der Waals surface area contributed by atoms with Crippen LogP contribution in [-0.2, 0) is 9.47 Å². The Morgan fingerprint density at radius 3 is 2.43 bits per heavy atom. The molecule has 0 radical (unpaired) electrons. The van der Waals surface area contributed by atoms with Gasteiger partial charge in [-0.3, -0.25) is 0 Å². The second kappa shape index (κ2) is 6.62. The summed E-state index contributed by atoms with van der Waals surface area (Å²) in [4.78, 5) is 11.1. The second-order valence-corrected chi connectivity index (χ2v) is 3.91. The fourth-order valence-electron chi connectivity index (χ4n) is 0.721. The number of ether oxygens (including phenoxy) is 2. The largest absolute Gasteiger partial charge is 0.447 e. The van der Waals surface area contributed by atoms with Crippen LogP contribution >= 0.6 is 0 Å². The third kappa shape index (κ3) is 9.28. The van der Waals surface area contributed by atoms with Crippen molar-refractivity contribution in [2.75, 3.05) is 26.4 Å². The summed E-state index contributed by atoms with van der Waals surface area (Å²) in [6.07, 6.45) is -0.422. The Kier molecular flexibility index (Phi) is 6.23. The molecule has 0 aliphatic heterocycles. The lowest BCUT2D eigenvalue weighted by Crippen LogP contribution is -2.41. The summed E-state index contributed by atoms with van der Waals surface area (Å²) < 4.78 is 9.88. The molecular weight excluding hydrogens is 184 g/mol. The Morgan fingerprint density at radius 1 is 1.29 bits per heavy atom. The third-order valence-corrected chi connectivity index (χ3v) is 1.20. The Bertz CT molecular complexity index is 166. The molecule has 1 amide bonds. The van der Waals surface area contributed by atoms with Gasteiger partial charge in [0.1, 0.15) is 6.61 Å². The molecule has 0 saturated carbocycles. The van der Waals surface area contributed by atoms with Gasteiger partial charge in [-0.1, -0.05) is 0 Å². The average Bonchev–Trinajstić information content (AvgIpc) is 2.00. The number of rotatable bonds is 5. The van der Waals surface area contributed by atoms with Crippen LogP contribution in [0.3, 0.4) is 0 Å². The molecule has 0 aliphatic rings. The van der Waals surface area contributed by atoms with Crippen molar-refractivity contribution >= 4 is 6.09 Å². The van der Waals surface area contributed by atoms with Crippen molar-refractivity contribution < 1.29 is 14.3 Å². The molecule has 0 saturated heterocycles. The zero-order valence-corrected chi connectivity index (χ0v) is 9.13. The van der Waals surface area contributed by atoms with Crippen LogP contribution in [0, 0.1) is 0 Å². The van der Waals surface area contributed by atoms with Gasteiger partial charge in [0.05, 0.1) is 13.2 Å². The predicted octanol–water partition coefficient (Wildman–Crippen LogP) is 0.486. The first kappa shape index (κ1) is 13.2. The molecule has 0 rings (SSSR count). The summed E-state index contributed by atoms with van der Waals surface area (Å²) in [5, 5.41) is 2.67. The number of nitrogens with one attached hydrogen (secondary N) is 1. The van der Waals surface area contributed by atoms with Gasteiger partial charge in [-0.05, 0) is 20.8 Å². The number of nitrogens with two attached hydrogens (primary N) is 1. The minimum Gasteiger partial charge on any atom is -0.447 e. The Morgan fingerprint density at radius 2 is 1.93 bits per heavy atom. The van der Waals surface area contributed by atoms with E-state index < -0.39 is 6.09 Å². The van der Waals surface area contributed by atoms with Crippen LogP contribution in [0.15, 0.2) is 0 Å². The summed E-state index contributed by atoms with van der Waals surface area (Å²) in [6, 6.07) is 0. The molecule has 0 atom stereocenters. The van der Waals surface area contributed by atoms with E-state index >= 15 is 0 Å². The molecule has 0 heterocycles. The number of hydrogen-bond acceptors (Lipinski definition) is 4. The van der Waals surface area contributed by atoms with Gasteiger partial charge in [0, 0.05) is 12.1 Å². The third-order valence-electron chi connectivity index (χ3n) is 1.20. The van der Waals surface area contributed by atoms with E-state index in [1.807, 2.05) is 20.8 Å². The zero-order valence-electron chi connectivity index (χ0n) is 9.13. The highest BCUT2D eigenvalue weighted by Crippen LogP contribution is 1.98. The number of alkyl carbamates (subject to hydrolysis) is 1. The Balaban J connectivity index is 3.36. The minimum absolute atomic E-state index is 0.252. The molecule has 0 aromatic rings. The minimum atomic E-state index is -0.422. The molecule has 5 nitrogen and oxygen atoms in total. The van der Waals surface area contributed by atoms with Crippen LogP contribution in [0.5, 0.6) is 0 Å². The highest BCUT2D eigenvalue weighted by molar-refractivity contribution is 5.67. The highest BCUT2D eigenvalue weighted by Gasteiger charge is 2.13. The van der Waals surface area contributed by atoms with Crippen molar-refractivity contribution in [3.05, 3.63) is 0 Å². The Labute approximate surface area is 84.9 Å². The first-order valence-electron chi connectivity index (χ1n) is 4.68. The van der Waals surface area contributed by atoms with Crippen LogP contribution in [0.1, 0.15) is 20.8 Å². The van der Waals surface area contributed by atoms with Crippen molar-refractivity contribution in [3.8, 4) is 0 Å². The molecule has 3 N–H and O–H groups in total. The summed E-state index contributed by atoms with van der Waals surface area (Å²) >= 11 is 0. The van der Waals surface area contributed by atoms with Crippen LogP contribution in [-0.4, -0.2) is 38.0 Å². The lowest BCUT2D eigenvalue weighted by Gasteiger charge is -2.19. The molecule has 5 heteroatoms. The SMILES string of the molecule is CC(C)(C)NC(=O)OCCOCCN. The monoisotopic (exact) mass is 204 g/mol. The van der Waals surface area contributed by atoms with Gasteiger partial charge in [0.15, 0.2) is 0 Å². The summed E-state index contributed by atoms with van der Waals surface area (Å²) in [5.41, 5.74) is 4.94. The maximum Gasteiger partial charge on any atom is 0.407 e. The first-order chi connectivity index (χ1) is 6.45. The molecular formula is C9H20N2O3.